The summed E-state index contributed by atoms with van der Waals surface area (Å²) in [7, 11) is 0. The van der Waals surface area contributed by atoms with E-state index in [2.05, 4.69) is 0 Å². The quantitative estimate of drug-likeness (QED) is 0.790. The molecule has 86 valence electrons. The lowest BCUT2D eigenvalue weighted by molar-refractivity contribution is -0.144. The van der Waals surface area contributed by atoms with E-state index >= 15 is 0 Å². The first-order valence-electron chi connectivity index (χ1n) is 5.02. The van der Waals surface area contributed by atoms with Crippen LogP contribution in [0.4, 0.5) is 10.1 Å². The smallest absolute Gasteiger partial charge is 0.311 e. The molecule has 0 spiro atoms. The Morgan fingerprint density at radius 3 is 2.50 bits per heavy atom. The molecule has 0 amide bonds. The van der Waals surface area contributed by atoms with E-state index in [4.69, 9.17) is 5.11 Å². The highest BCUT2D eigenvalue weighted by atomic mass is 19.1. The van der Waals surface area contributed by atoms with Crippen LogP contribution in [0.1, 0.15) is 6.42 Å². The lowest BCUT2D eigenvalue weighted by Gasteiger charge is -2.23. The minimum Gasteiger partial charge on any atom is -0.481 e. The van der Waals surface area contributed by atoms with Crippen molar-refractivity contribution in [1.82, 2.24) is 0 Å². The highest BCUT2D eigenvalue weighted by molar-refractivity contribution is 5.72. The normalized spacial score (nSPS) is 24.8. The summed E-state index contributed by atoms with van der Waals surface area (Å²) in [5.74, 6) is -2.13. The van der Waals surface area contributed by atoms with Gasteiger partial charge in [-0.1, -0.05) is 0 Å². The highest BCUT2D eigenvalue weighted by Crippen LogP contribution is 2.28. The van der Waals surface area contributed by atoms with Crippen molar-refractivity contribution < 1.29 is 19.4 Å². The number of hydrogen-bond acceptors (Lipinski definition) is 3. The lowest BCUT2D eigenvalue weighted by atomic mass is 10.1. The van der Waals surface area contributed by atoms with E-state index in [0.29, 0.717) is 18.7 Å². The number of rotatable bonds is 2. The Morgan fingerprint density at radius 2 is 2.00 bits per heavy atom. The van der Waals surface area contributed by atoms with Crippen molar-refractivity contribution in [2.24, 2.45) is 5.92 Å². The molecular weight excluding hydrogens is 213 g/mol. The third kappa shape index (κ3) is 1.86. The van der Waals surface area contributed by atoms with Crippen LogP contribution in [0, 0.1) is 11.7 Å². The summed E-state index contributed by atoms with van der Waals surface area (Å²) < 4.78 is 12.7. The third-order valence-electron chi connectivity index (χ3n) is 2.84. The second-order valence-electron chi connectivity index (χ2n) is 3.82. The van der Waals surface area contributed by atoms with Gasteiger partial charge in [0.15, 0.2) is 0 Å². The van der Waals surface area contributed by atoms with Crippen LogP contribution in [-0.2, 0) is 4.79 Å². The van der Waals surface area contributed by atoms with Gasteiger partial charge in [-0.15, -0.1) is 0 Å². The number of carboxylic acids is 1. The molecule has 2 atom stereocenters. The fourth-order valence-corrected chi connectivity index (χ4v) is 1.94. The summed E-state index contributed by atoms with van der Waals surface area (Å²) in [6.07, 6.45) is -0.642. The van der Waals surface area contributed by atoms with Crippen molar-refractivity contribution in [2.45, 2.75) is 12.6 Å². The van der Waals surface area contributed by atoms with Crippen LogP contribution in [0.2, 0.25) is 0 Å². The van der Waals surface area contributed by atoms with Crippen LogP contribution in [0.25, 0.3) is 0 Å². The van der Waals surface area contributed by atoms with E-state index in [-0.39, 0.29) is 5.82 Å². The SMILES string of the molecule is O=C(O)C1CCN(c2ccc(F)cc2)C1O. The number of aliphatic carboxylic acids is 1. The topological polar surface area (TPSA) is 60.8 Å². The number of hydrogen-bond donors (Lipinski definition) is 2. The number of aliphatic hydroxyl groups is 1. The monoisotopic (exact) mass is 225 g/mol. The van der Waals surface area contributed by atoms with Gasteiger partial charge in [0.25, 0.3) is 0 Å². The molecule has 16 heavy (non-hydrogen) atoms. The molecule has 1 aromatic rings. The fraction of sp³-hybridized carbons (Fsp3) is 0.364. The largest absolute Gasteiger partial charge is 0.481 e. The van der Waals surface area contributed by atoms with Crippen LogP contribution >= 0.6 is 0 Å². The molecule has 1 fully saturated rings. The maximum absolute atomic E-state index is 12.7. The van der Waals surface area contributed by atoms with Gasteiger partial charge in [0.2, 0.25) is 0 Å². The molecule has 0 saturated carbocycles. The minimum atomic E-state index is -1.04. The Balaban J connectivity index is 2.18. The number of halogens is 1. The summed E-state index contributed by atoms with van der Waals surface area (Å²) in [5, 5.41) is 18.6. The zero-order chi connectivity index (χ0) is 11.7. The molecule has 2 rings (SSSR count). The van der Waals surface area contributed by atoms with Crippen molar-refractivity contribution in [3.8, 4) is 0 Å². The summed E-state index contributed by atoms with van der Waals surface area (Å²) in [5.41, 5.74) is 0.637. The summed E-state index contributed by atoms with van der Waals surface area (Å²) in [6, 6.07) is 5.64. The van der Waals surface area contributed by atoms with Gasteiger partial charge < -0.3 is 15.1 Å². The van der Waals surface area contributed by atoms with E-state index in [1.54, 1.807) is 4.90 Å². The molecule has 0 aromatic heterocycles. The Labute approximate surface area is 91.9 Å². The fourth-order valence-electron chi connectivity index (χ4n) is 1.94. The average molecular weight is 225 g/mol. The predicted octanol–water partition coefficient (Wildman–Crippen LogP) is 1.05. The van der Waals surface area contributed by atoms with Gasteiger partial charge in [-0.2, -0.15) is 0 Å². The zero-order valence-electron chi connectivity index (χ0n) is 8.51. The van der Waals surface area contributed by atoms with Crippen LogP contribution in [-0.4, -0.2) is 29.0 Å². The molecule has 0 aliphatic carbocycles. The van der Waals surface area contributed by atoms with E-state index in [1.807, 2.05) is 0 Å². The van der Waals surface area contributed by atoms with Crippen molar-refractivity contribution in [3.05, 3.63) is 30.1 Å². The minimum absolute atomic E-state index is 0.354. The van der Waals surface area contributed by atoms with Gasteiger partial charge in [0.05, 0.1) is 0 Å². The molecule has 2 N–H and O–H groups in total. The highest BCUT2D eigenvalue weighted by Gasteiger charge is 2.37. The number of carbonyl (C=O) groups is 1. The van der Waals surface area contributed by atoms with Crippen LogP contribution in [0.3, 0.4) is 0 Å². The second-order valence-corrected chi connectivity index (χ2v) is 3.82. The molecule has 1 heterocycles. The van der Waals surface area contributed by atoms with Gasteiger partial charge in [-0.25, -0.2) is 4.39 Å². The third-order valence-corrected chi connectivity index (χ3v) is 2.84. The van der Waals surface area contributed by atoms with E-state index in [9.17, 15) is 14.3 Å². The van der Waals surface area contributed by atoms with E-state index in [0.717, 1.165) is 0 Å². The standard InChI is InChI=1S/C11H12FNO3/c12-7-1-3-8(4-2-7)13-6-5-9(10(13)14)11(15)16/h1-4,9-10,14H,5-6H2,(H,15,16). The summed E-state index contributed by atoms with van der Waals surface area (Å²) >= 11 is 0. The maximum atomic E-state index is 12.7. The van der Waals surface area contributed by atoms with Crippen molar-refractivity contribution in [2.75, 3.05) is 11.4 Å². The molecule has 1 aromatic carbocycles. The molecule has 2 unspecified atom stereocenters. The zero-order valence-corrected chi connectivity index (χ0v) is 8.51. The molecule has 4 nitrogen and oxygen atoms in total. The molecule has 1 aliphatic heterocycles. The van der Waals surface area contributed by atoms with Crippen LogP contribution in [0.5, 0.6) is 0 Å². The Kier molecular flexibility index (Phi) is 2.78. The molecule has 0 radical (unpaired) electrons. The van der Waals surface area contributed by atoms with Crippen molar-refractivity contribution >= 4 is 11.7 Å². The number of anilines is 1. The summed E-state index contributed by atoms with van der Waals surface area (Å²) in [4.78, 5) is 12.4. The maximum Gasteiger partial charge on any atom is 0.311 e. The number of aliphatic hydroxyl groups excluding tert-OH is 1. The molecule has 5 heteroatoms. The summed E-state index contributed by atoms with van der Waals surface area (Å²) in [6.45, 7) is 0.462. The second kappa shape index (κ2) is 4.09. The van der Waals surface area contributed by atoms with Crippen molar-refractivity contribution in [3.63, 3.8) is 0 Å². The predicted molar refractivity (Wildman–Crippen MR) is 55.5 cm³/mol. The Morgan fingerprint density at radius 1 is 1.38 bits per heavy atom. The number of carboxylic acid groups (broad SMARTS) is 1. The van der Waals surface area contributed by atoms with Gasteiger partial charge in [-0.05, 0) is 30.7 Å². The van der Waals surface area contributed by atoms with Crippen molar-refractivity contribution in [1.29, 1.82) is 0 Å². The van der Waals surface area contributed by atoms with E-state index in [1.165, 1.54) is 24.3 Å². The first kappa shape index (κ1) is 10.9. The molecule has 1 saturated heterocycles. The van der Waals surface area contributed by atoms with Gasteiger partial charge in [0, 0.05) is 12.2 Å². The number of nitrogens with zero attached hydrogens (tertiary/aromatic N) is 1. The first-order valence-corrected chi connectivity index (χ1v) is 5.02. The Bertz CT molecular complexity index is 393. The van der Waals surface area contributed by atoms with Crippen LogP contribution < -0.4 is 4.90 Å². The average Bonchev–Trinajstić information content (AvgIpc) is 2.61. The van der Waals surface area contributed by atoms with Crippen LogP contribution in [0.15, 0.2) is 24.3 Å². The van der Waals surface area contributed by atoms with Gasteiger partial charge >= 0.3 is 5.97 Å². The lowest BCUT2D eigenvalue weighted by Crippen LogP contribution is -2.35. The molecular formula is C11H12FNO3. The van der Waals surface area contributed by atoms with E-state index < -0.39 is 18.1 Å². The molecule has 0 bridgehead atoms. The van der Waals surface area contributed by atoms with Gasteiger partial charge in [0.1, 0.15) is 18.0 Å². The van der Waals surface area contributed by atoms with Gasteiger partial charge in [-0.3, -0.25) is 4.79 Å². The molecule has 1 aliphatic rings. The Hall–Kier alpha value is -1.62. The number of benzene rings is 1. The first-order chi connectivity index (χ1) is 7.59.